The first kappa shape index (κ1) is 36.4. The smallest absolute Gasteiger partial charge is 0.341 e. The quantitative estimate of drug-likeness (QED) is 0.0730. The van der Waals surface area contributed by atoms with E-state index in [1.807, 2.05) is 19.1 Å². The van der Waals surface area contributed by atoms with Crippen LogP contribution >= 0.6 is 23.1 Å². The highest BCUT2D eigenvalue weighted by atomic mass is 32.2. The molecule has 1 aliphatic carbocycles. The molecule has 1 heterocycles. The molecule has 3 amide bonds. The molecule has 2 unspecified atom stereocenters. The van der Waals surface area contributed by atoms with Crippen LogP contribution in [0.1, 0.15) is 70.8 Å². The van der Waals surface area contributed by atoms with Crippen molar-refractivity contribution in [3.8, 4) is 5.75 Å². The molecule has 0 saturated heterocycles. The maximum Gasteiger partial charge on any atom is 0.341 e. The summed E-state index contributed by atoms with van der Waals surface area (Å²) < 4.78 is 10.9. The number of ether oxygens (including phenoxy) is 2. The molecule has 3 aromatic carbocycles. The minimum atomic E-state index is -0.519. The number of thioether (sulfide) groups is 1. The van der Waals surface area contributed by atoms with Gasteiger partial charge in [-0.1, -0.05) is 43.3 Å². The van der Waals surface area contributed by atoms with E-state index in [9.17, 15) is 19.2 Å². The number of nitrogens with one attached hydrogen (secondary N) is 3. The van der Waals surface area contributed by atoms with Crippen molar-refractivity contribution in [1.29, 1.82) is 0 Å². The van der Waals surface area contributed by atoms with Crippen molar-refractivity contribution in [2.45, 2.75) is 57.1 Å². The molecule has 4 aromatic rings. The summed E-state index contributed by atoms with van der Waals surface area (Å²) in [5.74, 6) is -0.376. The van der Waals surface area contributed by atoms with Crippen LogP contribution in [0.5, 0.6) is 5.75 Å². The zero-order valence-corrected chi connectivity index (χ0v) is 30.2. The third-order valence-corrected chi connectivity index (χ3v) is 10.3. The number of anilines is 2. The van der Waals surface area contributed by atoms with Gasteiger partial charge in [0.2, 0.25) is 5.91 Å². The van der Waals surface area contributed by atoms with E-state index in [-0.39, 0.29) is 18.2 Å². The van der Waals surface area contributed by atoms with E-state index in [0.29, 0.717) is 45.7 Å². The first-order chi connectivity index (χ1) is 24.1. The minimum absolute atomic E-state index is 0.0549. The number of thiophene rings is 1. The Labute approximate surface area is 300 Å². The summed E-state index contributed by atoms with van der Waals surface area (Å²) in [5, 5.41) is 8.66. The van der Waals surface area contributed by atoms with E-state index in [0.717, 1.165) is 34.6 Å². The van der Waals surface area contributed by atoms with Crippen molar-refractivity contribution in [3.63, 3.8) is 0 Å². The van der Waals surface area contributed by atoms with Crippen LogP contribution in [-0.2, 0) is 27.2 Å². The minimum Gasteiger partial charge on any atom is -0.494 e. The van der Waals surface area contributed by atoms with E-state index >= 15 is 0 Å². The third-order valence-electron chi connectivity index (χ3n) is 8.03. The van der Waals surface area contributed by atoms with E-state index in [4.69, 9.17) is 9.47 Å². The van der Waals surface area contributed by atoms with Crippen molar-refractivity contribution >= 4 is 63.6 Å². The topological polar surface area (TPSA) is 123 Å². The molecule has 0 saturated carbocycles. The summed E-state index contributed by atoms with van der Waals surface area (Å²) in [6.07, 6.45) is 4.25. The molecule has 5 rings (SSSR count). The second-order valence-corrected chi connectivity index (χ2v) is 14.4. The number of carbonyl (C=O) groups is 4. The number of hydrogen-bond donors (Lipinski definition) is 3. The van der Waals surface area contributed by atoms with Crippen LogP contribution in [-0.4, -0.2) is 42.2 Å². The fourth-order valence-corrected chi connectivity index (χ4v) is 7.84. The Morgan fingerprint density at radius 3 is 2.44 bits per heavy atom. The Hall–Kier alpha value is -4.87. The number of fused-ring (bicyclic) bond motifs is 1. The normalized spacial score (nSPS) is 14.6. The summed E-state index contributed by atoms with van der Waals surface area (Å²) in [6, 6.07) is 23.0. The molecule has 3 N–H and O–H groups in total. The van der Waals surface area contributed by atoms with Crippen molar-refractivity contribution in [1.82, 2.24) is 5.32 Å². The van der Waals surface area contributed by atoms with Gasteiger partial charge in [0, 0.05) is 21.0 Å². The molecule has 50 heavy (non-hydrogen) atoms. The van der Waals surface area contributed by atoms with E-state index in [1.54, 1.807) is 86.7 Å². The predicted octanol–water partition coefficient (Wildman–Crippen LogP) is 7.98. The largest absolute Gasteiger partial charge is 0.494 e. The van der Waals surface area contributed by atoms with Gasteiger partial charge in [0.1, 0.15) is 16.4 Å². The molecule has 1 aromatic heterocycles. The fraction of sp³-hybridized carbons (Fsp3) is 0.282. The fourth-order valence-electron chi connectivity index (χ4n) is 5.51. The standard InChI is InChI=1S/C39H41N3O6S2/c1-5-47-29-18-16-26(17-19-29)22-32(41-36(44)27-11-8-7-9-12-27)37(45)40-28-13-10-14-30(23-28)49-25(4)35(43)42-38-34(39(46)48-6-2)31-20-15-24(3)21-33(31)50-38/h7-14,16-19,22-25H,5-6,15,20-21H2,1-4H3,(H,40,45)(H,41,44)(H,42,43)/b32-22+. The van der Waals surface area contributed by atoms with Gasteiger partial charge < -0.3 is 25.4 Å². The molecule has 11 heteroatoms. The van der Waals surface area contributed by atoms with Crippen LogP contribution in [0.3, 0.4) is 0 Å². The summed E-state index contributed by atoms with van der Waals surface area (Å²) >= 11 is 2.78. The molecule has 0 bridgehead atoms. The molecule has 9 nitrogen and oxygen atoms in total. The van der Waals surface area contributed by atoms with Gasteiger partial charge in [0.05, 0.1) is 24.0 Å². The predicted molar refractivity (Wildman–Crippen MR) is 200 cm³/mol. The average molecular weight is 712 g/mol. The summed E-state index contributed by atoms with van der Waals surface area (Å²) in [5.41, 5.74) is 3.12. The lowest BCUT2D eigenvalue weighted by Gasteiger charge is -2.18. The molecule has 0 aliphatic heterocycles. The van der Waals surface area contributed by atoms with Crippen molar-refractivity contribution in [3.05, 3.63) is 112 Å². The first-order valence-corrected chi connectivity index (χ1v) is 18.4. The highest BCUT2D eigenvalue weighted by Gasteiger charge is 2.30. The van der Waals surface area contributed by atoms with Gasteiger partial charge in [0.25, 0.3) is 11.8 Å². The zero-order valence-electron chi connectivity index (χ0n) is 28.5. The van der Waals surface area contributed by atoms with E-state index < -0.39 is 23.0 Å². The Bertz CT molecular complexity index is 1870. The van der Waals surface area contributed by atoms with Gasteiger partial charge in [-0.3, -0.25) is 14.4 Å². The van der Waals surface area contributed by atoms with Crippen molar-refractivity contribution in [2.75, 3.05) is 23.8 Å². The van der Waals surface area contributed by atoms with Gasteiger partial charge in [-0.15, -0.1) is 23.1 Å². The second-order valence-electron chi connectivity index (χ2n) is 11.9. The molecule has 0 spiro atoms. The Balaban J connectivity index is 1.30. The van der Waals surface area contributed by atoms with Gasteiger partial charge >= 0.3 is 5.97 Å². The highest BCUT2D eigenvalue weighted by molar-refractivity contribution is 8.00. The van der Waals surface area contributed by atoms with Crippen LogP contribution in [0.25, 0.3) is 6.08 Å². The lowest BCUT2D eigenvalue weighted by Crippen LogP contribution is -2.30. The number of benzene rings is 3. The van der Waals surface area contributed by atoms with Crippen LogP contribution in [0, 0.1) is 5.92 Å². The highest BCUT2D eigenvalue weighted by Crippen LogP contribution is 2.40. The summed E-state index contributed by atoms with van der Waals surface area (Å²) in [4.78, 5) is 54.9. The third kappa shape index (κ3) is 9.42. The van der Waals surface area contributed by atoms with E-state index in [1.165, 1.54) is 23.1 Å². The number of carbonyl (C=O) groups excluding carboxylic acids is 4. The van der Waals surface area contributed by atoms with Gasteiger partial charge in [0.15, 0.2) is 0 Å². The summed E-state index contributed by atoms with van der Waals surface area (Å²) in [6.45, 7) is 8.44. The zero-order chi connectivity index (χ0) is 35.6. The molecule has 0 fully saturated rings. The maximum absolute atomic E-state index is 13.6. The Morgan fingerprint density at radius 1 is 0.960 bits per heavy atom. The van der Waals surface area contributed by atoms with Crippen LogP contribution in [0.4, 0.5) is 10.7 Å². The number of hydrogen-bond acceptors (Lipinski definition) is 8. The maximum atomic E-state index is 13.6. The number of amides is 3. The second kappa shape index (κ2) is 17.2. The average Bonchev–Trinajstić information content (AvgIpc) is 3.46. The van der Waals surface area contributed by atoms with E-state index in [2.05, 4.69) is 22.9 Å². The number of rotatable bonds is 13. The lowest BCUT2D eigenvalue weighted by atomic mass is 9.88. The van der Waals surface area contributed by atoms with Crippen LogP contribution in [0.15, 0.2) is 89.5 Å². The first-order valence-electron chi connectivity index (χ1n) is 16.7. The molecular formula is C39H41N3O6S2. The van der Waals surface area contributed by atoms with Crippen molar-refractivity contribution < 1.29 is 28.7 Å². The molecule has 1 aliphatic rings. The Morgan fingerprint density at radius 2 is 1.72 bits per heavy atom. The van der Waals surface area contributed by atoms with Gasteiger partial charge in [-0.25, -0.2) is 4.79 Å². The molecule has 260 valence electrons. The van der Waals surface area contributed by atoms with Gasteiger partial charge in [-0.2, -0.15) is 0 Å². The Kier molecular flexibility index (Phi) is 12.5. The van der Waals surface area contributed by atoms with Gasteiger partial charge in [-0.05, 0) is 106 Å². The molecule has 0 radical (unpaired) electrons. The van der Waals surface area contributed by atoms with Crippen molar-refractivity contribution in [2.24, 2.45) is 5.92 Å². The summed E-state index contributed by atoms with van der Waals surface area (Å²) in [7, 11) is 0. The monoisotopic (exact) mass is 711 g/mol. The van der Waals surface area contributed by atoms with Crippen LogP contribution in [0.2, 0.25) is 0 Å². The SMILES string of the molecule is CCOC(=O)c1c(NC(=O)C(C)Sc2cccc(NC(=O)/C(=C\c3ccc(OCC)cc3)NC(=O)c3ccccc3)c2)sc2c1CCC(C)C2. The lowest BCUT2D eigenvalue weighted by molar-refractivity contribution is -0.115. The molecular weight excluding hydrogens is 671 g/mol. The number of esters is 1. The van der Waals surface area contributed by atoms with Crippen LogP contribution < -0.4 is 20.7 Å². The molecule has 2 atom stereocenters.